The molecule has 0 bridgehead atoms. The second kappa shape index (κ2) is 8.22. The van der Waals surface area contributed by atoms with Gasteiger partial charge in [-0.2, -0.15) is 0 Å². The summed E-state index contributed by atoms with van der Waals surface area (Å²) >= 11 is 0. The molecule has 1 amide bonds. The summed E-state index contributed by atoms with van der Waals surface area (Å²) in [5.41, 5.74) is 3.33. The normalized spacial score (nSPS) is 18.3. The van der Waals surface area contributed by atoms with Crippen LogP contribution in [-0.4, -0.2) is 47.0 Å². The molecule has 1 spiro atoms. The van der Waals surface area contributed by atoms with Crippen molar-refractivity contribution < 1.29 is 18.4 Å². The molecule has 0 unspecified atom stereocenters. The first-order valence-corrected chi connectivity index (χ1v) is 9.41. The molecule has 4 rings (SSSR count). The summed E-state index contributed by atoms with van der Waals surface area (Å²) in [7, 11) is 0. The van der Waals surface area contributed by atoms with Crippen molar-refractivity contribution in [3.63, 3.8) is 0 Å². The third-order valence-electron chi connectivity index (χ3n) is 4.98. The number of amides is 1. The van der Waals surface area contributed by atoms with Crippen LogP contribution in [0.2, 0.25) is 0 Å². The fourth-order valence-electron chi connectivity index (χ4n) is 3.45. The minimum Gasteiger partial charge on any atom is -0.351 e. The van der Waals surface area contributed by atoms with Crippen LogP contribution < -0.4 is 10.8 Å². The first-order valence-electron chi connectivity index (χ1n) is 9.41. The van der Waals surface area contributed by atoms with E-state index in [1.165, 1.54) is 12.1 Å². The van der Waals surface area contributed by atoms with Gasteiger partial charge in [-0.05, 0) is 29.8 Å². The lowest BCUT2D eigenvalue weighted by Gasteiger charge is -2.35. The number of nitrogens with zero attached hydrogens (tertiary/aromatic N) is 3. The van der Waals surface area contributed by atoms with E-state index < -0.39 is 17.4 Å². The number of carbonyl (C=O) groups excluding carboxylic acids is 1. The van der Waals surface area contributed by atoms with Gasteiger partial charge >= 0.3 is 0 Å². The number of likely N-dealkylation sites (tertiary alicyclic amines) is 1. The van der Waals surface area contributed by atoms with E-state index in [0.717, 1.165) is 11.8 Å². The predicted molar refractivity (Wildman–Crippen MR) is 102 cm³/mol. The number of carbonyl (C=O) groups is 1. The van der Waals surface area contributed by atoms with E-state index in [1.54, 1.807) is 6.20 Å². The highest BCUT2D eigenvalue weighted by atomic mass is 19.1. The standard InChI is InChI=1S/C20H21F2N5O2/c21-15-9-14(10-16(22)11-15)12-24-18(28)13-27-7-4-20(5-8-27)25-19(26-29-20)17-3-1-2-6-23-17/h1-3,6,9-11H,4-5,7-8,12-13H2,(H,24,28)(H,25,26). The third kappa shape index (κ3) is 4.75. The molecule has 0 saturated carbocycles. The highest BCUT2D eigenvalue weighted by molar-refractivity contribution is 5.97. The zero-order valence-corrected chi connectivity index (χ0v) is 15.7. The van der Waals surface area contributed by atoms with Gasteiger partial charge in [0.25, 0.3) is 0 Å². The zero-order chi connectivity index (χ0) is 20.3. The minimum atomic E-state index is -0.661. The van der Waals surface area contributed by atoms with Crippen molar-refractivity contribution in [3.8, 4) is 0 Å². The lowest BCUT2D eigenvalue weighted by atomic mass is 10.0. The maximum absolute atomic E-state index is 13.2. The van der Waals surface area contributed by atoms with Crippen LogP contribution in [0.1, 0.15) is 24.1 Å². The van der Waals surface area contributed by atoms with Crippen LogP contribution in [0, 0.1) is 11.6 Å². The Hall–Kier alpha value is -2.91. The van der Waals surface area contributed by atoms with E-state index in [0.29, 0.717) is 37.3 Å². The van der Waals surface area contributed by atoms with Gasteiger partial charge < -0.3 is 5.32 Å². The lowest BCUT2D eigenvalue weighted by molar-refractivity contribution is -0.125. The van der Waals surface area contributed by atoms with Crippen LogP contribution in [0.3, 0.4) is 0 Å². The summed E-state index contributed by atoms with van der Waals surface area (Å²) in [6, 6.07) is 8.79. The van der Waals surface area contributed by atoms with Gasteiger partial charge in [-0.1, -0.05) is 6.07 Å². The number of amidine groups is 1. The minimum absolute atomic E-state index is 0.0794. The number of rotatable bonds is 5. The van der Waals surface area contributed by atoms with Crippen molar-refractivity contribution in [1.82, 2.24) is 20.7 Å². The number of piperidine rings is 1. The Kier molecular flexibility index (Phi) is 5.50. The van der Waals surface area contributed by atoms with Gasteiger partial charge in [-0.3, -0.25) is 14.7 Å². The van der Waals surface area contributed by atoms with Gasteiger partial charge in [0, 0.05) is 44.7 Å². The number of hydrogen-bond donors (Lipinski definition) is 2. The molecule has 1 fully saturated rings. The Morgan fingerprint density at radius 3 is 2.66 bits per heavy atom. The number of benzene rings is 1. The highest BCUT2D eigenvalue weighted by Crippen LogP contribution is 2.30. The van der Waals surface area contributed by atoms with Crippen LogP contribution in [0.5, 0.6) is 0 Å². The quantitative estimate of drug-likeness (QED) is 0.798. The fourth-order valence-corrected chi connectivity index (χ4v) is 3.45. The molecule has 1 aromatic heterocycles. The average Bonchev–Trinajstić information content (AvgIpc) is 3.12. The molecule has 0 aliphatic carbocycles. The molecule has 2 aliphatic heterocycles. The van der Waals surface area contributed by atoms with Gasteiger partial charge in [0.2, 0.25) is 5.91 Å². The molecular formula is C20H21F2N5O2. The van der Waals surface area contributed by atoms with Gasteiger partial charge in [-0.25, -0.2) is 24.1 Å². The summed E-state index contributed by atoms with van der Waals surface area (Å²) in [5.74, 6) is -0.911. The van der Waals surface area contributed by atoms with Crippen LogP contribution in [-0.2, 0) is 16.2 Å². The lowest BCUT2D eigenvalue weighted by Crippen LogP contribution is -2.47. The van der Waals surface area contributed by atoms with Gasteiger partial charge in [0.15, 0.2) is 11.6 Å². The Bertz CT molecular complexity index is 894. The van der Waals surface area contributed by atoms with Crippen molar-refractivity contribution in [2.75, 3.05) is 19.6 Å². The Balaban J connectivity index is 1.27. The third-order valence-corrected chi connectivity index (χ3v) is 4.98. The van der Waals surface area contributed by atoms with E-state index in [-0.39, 0.29) is 19.0 Å². The highest BCUT2D eigenvalue weighted by Gasteiger charge is 2.40. The molecule has 152 valence electrons. The molecule has 7 nitrogen and oxygen atoms in total. The maximum atomic E-state index is 13.2. The summed E-state index contributed by atoms with van der Waals surface area (Å²) in [6.07, 6.45) is 2.97. The van der Waals surface area contributed by atoms with Crippen molar-refractivity contribution >= 4 is 11.7 Å². The summed E-state index contributed by atoms with van der Waals surface area (Å²) in [4.78, 5) is 28.9. The number of aromatic nitrogens is 1. The molecule has 2 N–H and O–H groups in total. The van der Waals surface area contributed by atoms with Crippen LogP contribution in [0.4, 0.5) is 8.78 Å². The van der Waals surface area contributed by atoms with Gasteiger partial charge in [0.1, 0.15) is 17.3 Å². The molecule has 29 heavy (non-hydrogen) atoms. The molecule has 0 radical (unpaired) electrons. The van der Waals surface area contributed by atoms with Crippen molar-refractivity contribution in [2.24, 2.45) is 4.99 Å². The Labute approximate surface area is 166 Å². The van der Waals surface area contributed by atoms with Crippen molar-refractivity contribution in [2.45, 2.75) is 25.1 Å². The first kappa shape index (κ1) is 19.4. The molecule has 1 saturated heterocycles. The summed E-state index contributed by atoms with van der Waals surface area (Å²) < 4.78 is 26.4. The number of halogens is 2. The van der Waals surface area contributed by atoms with E-state index in [9.17, 15) is 13.6 Å². The van der Waals surface area contributed by atoms with E-state index >= 15 is 0 Å². The smallest absolute Gasteiger partial charge is 0.234 e. The van der Waals surface area contributed by atoms with E-state index in [2.05, 4.69) is 20.8 Å². The predicted octanol–water partition coefficient (Wildman–Crippen LogP) is 1.75. The van der Waals surface area contributed by atoms with E-state index in [1.807, 2.05) is 23.1 Å². The Morgan fingerprint density at radius 2 is 1.97 bits per heavy atom. The first-order chi connectivity index (χ1) is 14.0. The molecule has 3 heterocycles. The maximum Gasteiger partial charge on any atom is 0.234 e. The number of nitrogens with one attached hydrogen (secondary N) is 2. The van der Waals surface area contributed by atoms with Crippen LogP contribution >= 0.6 is 0 Å². The average molecular weight is 401 g/mol. The monoisotopic (exact) mass is 401 g/mol. The molecule has 2 aliphatic rings. The number of hydrogen-bond acceptors (Lipinski definition) is 6. The SMILES string of the molecule is O=C(CN1CCC2(CC1)N=C(c1ccccn1)NO2)NCc1cc(F)cc(F)c1. The molecule has 9 heteroatoms. The van der Waals surface area contributed by atoms with Gasteiger partial charge in [-0.15, -0.1) is 0 Å². The summed E-state index contributed by atoms with van der Waals surface area (Å²) in [5, 5.41) is 2.70. The molecule has 2 aromatic rings. The molecular weight excluding hydrogens is 380 g/mol. The summed E-state index contributed by atoms with van der Waals surface area (Å²) in [6.45, 7) is 1.57. The topological polar surface area (TPSA) is 78.9 Å². The van der Waals surface area contributed by atoms with Crippen molar-refractivity contribution in [1.29, 1.82) is 0 Å². The van der Waals surface area contributed by atoms with E-state index in [4.69, 9.17) is 4.84 Å². The molecule has 0 atom stereocenters. The second-order valence-electron chi connectivity index (χ2n) is 7.16. The zero-order valence-electron chi connectivity index (χ0n) is 15.7. The molecule has 1 aromatic carbocycles. The van der Waals surface area contributed by atoms with Gasteiger partial charge in [0.05, 0.1) is 6.54 Å². The number of pyridine rings is 1. The van der Waals surface area contributed by atoms with Crippen LogP contribution in [0.15, 0.2) is 47.6 Å². The largest absolute Gasteiger partial charge is 0.351 e. The van der Waals surface area contributed by atoms with Crippen LogP contribution in [0.25, 0.3) is 0 Å². The number of hydroxylamine groups is 1. The second-order valence-corrected chi connectivity index (χ2v) is 7.16. The Morgan fingerprint density at radius 1 is 1.21 bits per heavy atom. The number of aliphatic imine (C=N–C) groups is 1. The fraction of sp³-hybridized carbons (Fsp3) is 0.350. The van der Waals surface area contributed by atoms with Crippen molar-refractivity contribution in [3.05, 3.63) is 65.5 Å².